The van der Waals surface area contributed by atoms with Crippen LogP contribution in [0.3, 0.4) is 0 Å². The Kier molecular flexibility index (Phi) is 2.64. The second-order valence-electron chi connectivity index (χ2n) is 4.83. The average Bonchev–Trinajstić information content (AvgIpc) is 2.41. The zero-order valence-electron chi connectivity index (χ0n) is 10.8. The first-order chi connectivity index (χ1) is 8.75. The van der Waals surface area contributed by atoms with Gasteiger partial charge in [-0.25, -0.2) is 0 Å². The summed E-state index contributed by atoms with van der Waals surface area (Å²) in [5.41, 5.74) is 5.31. The van der Waals surface area contributed by atoms with Gasteiger partial charge in [0, 0.05) is 0 Å². The van der Waals surface area contributed by atoms with Gasteiger partial charge in [-0.3, -0.25) is 0 Å². The summed E-state index contributed by atoms with van der Waals surface area (Å²) >= 11 is 0. The van der Waals surface area contributed by atoms with Crippen LogP contribution in [0.4, 0.5) is 0 Å². The van der Waals surface area contributed by atoms with Crippen molar-refractivity contribution in [3.63, 3.8) is 0 Å². The molecule has 18 heavy (non-hydrogen) atoms. The SMILES string of the molecule is Cc1ccc(-c2cccc3ccccc23)cc1C. The van der Waals surface area contributed by atoms with E-state index in [0.717, 1.165) is 0 Å². The van der Waals surface area contributed by atoms with E-state index in [2.05, 4.69) is 74.5 Å². The Hall–Kier alpha value is -2.08. The van der Waals surface area contributed by atoms with Crippen molar-refractivity contribution < 1.29 is 0 Å². The first-order valence-electron chi connectivity index (χ1n) is 6.31. The number of rotatable bonds is 1. The molecule has 0 fully saturated rings. The van der Waals surface area contributed by atoms with Gasteiger partial charge < -0.3 is 0 Å². The Labute approximate surface area is 108 Å². The zero-order chi connectivity index (χ0) is 12.5. The minimum absolute atomic E-state index is 1.30. The number of hydrogen-bond acceptors (Lipinski definition) is 0. The van der Waals surface area contributed by atoms with Crippen LogP contribution < -0.4 is 0 Å². The lowest BCUT2D eigenvalue weighted by molar-refractivity contribution is 1.34. The number of hydrogen-bond donors (Lipinski definition) is 0. The van der Waals surface area contributed by atoms with Crippen molar-refractivity contribution in [1.82, 2.24) is 0 Å². The minimum Gasteiger partial charge on any atom is -0.0616 e. The Morgan fingerprint density at radius 3 is 2.28 bits per heavy atom. The van der Waals surface area contributed by atoms with Gasteiger partial charge in [0.2, 0.25) is 0 Å². The van der Waals surface area contributed by atoms with Crippen molar-refractivity contribution in [2.45, 2.75) is 13.8 Å². The molecule has 0 unspecified atom stereocenters. The third-order valence-corrected chi connectivity index (χ3v) is 3.61. The van der Waals surface area contributed by atoms with E-state index in [1.165, 1.54) is 33.0 Å². The van der Waals surface area contributed by atoms with Gasteiger partial charge in [-0.2, -0.15) is 0 Å². The van der Waals surface area contributed by atoms with Crippen LogP contribution in [-0.4, -0.2) is 0 Å². The highest BCUT2D eigenvalue weighted by atomic mass is 14.1. The molecule has 0 aliphatic carbocycles. The van der Waals surface area contributed by atoms with Gasteiger partial charge in [0.15, 0.2) is 0 Å². The largest absolute Gasteiger partial charge is 0.0616 e. The third-order valence-electron chi connectivity index (χ3n) is 3.61. The summed E-state index contributed by atoms with van der Waals surface area (Å²) in [6.45, 7) is 4.33. The Bertz CT molecular complexity index is 703. The lowest BCUT2D eigenvalue weighted by atomic mass is 9.96. The summed E-state index contributed by atoms with van der Waals surface area (Å²) in [4.78, 5) is 0. The highest BCUT2D eigenvalue weighted by molar-refractivity contribution is 5.96. The van der Waals surface area contributed by atoms with Gasteiger partial charge in [-0.1, -0.05) is 60.7 Å². The van der Waals surface area contributed by atoms with E-state index in [1.807, 2.05) is 0 Å². The monoisotopic (exact) mass is 232 g/mol. The molecule has 0 aliphatic rings. The summed E-state index contributed by atoms with van der Waals surface area (Å²) in [6.07, 6.45) is 0. The zero-order valence-corrected chi connectivity index (χ0v) is 10.8. The fraction of sp³-hybridized carbons (Fsp3) is 0.111. The van der Waals surface area contributed by atoms with Crippen LogP contribution in [0.25, 0.3) is 21.9 Å². The molecule has 0 bridgehead atoms. The van der Waals surface area contributed by atoms with Crippen LogP contribution in [0.15, 0.2) is 60.7 Å². The van der Waals surface area contributed by atoms with E-state index >= 15 is 0 Å². The molecule has 0 spiro atoms. The molecule has 0 N–H and O–H groups in total. The average molecular weight is 232 g/mol. The molecule has 0 aromatic heterocycles. The van der Waals surface area contributed by atoms with Gasteiger partial charge in [-0.15, -0.1) is 0 Å². The molecule has 0 radical (unpaired) electrons. The normalized spacial score (nSPS) is 10.8. The molecular weight excluding hydrogens is 216 g/mol. The highest BCUT2D eigenvalue weighted by Gasteiger charge is 2.04. The molecule has 88 valence electrons. The molecule has 0 heteroatoms. The van der Waals surface area contributed by atoms with Crippen molar-refractivity contribution in [2.24, 2.45) is 0 Å². The molecule has 3 aromatic rings. The van der Waals surface area contributed by atoms with Crippen LogP contribution in [0.5, 0.6) is 0 Å². The summed E-state index contributed by atoms with van der Waals surface area (Å²) in [6, 6.07) is 21.7. The first-order valence-corrected chi connectivity index (χ1v) is 6.31. The lowest BCUT2D eigenvalue weighted by Gasteiger charge is -2.09. The Morgan fingerprint density at radius 2 is 1.44 bits per heavy atom. The van der Waals surface area contributed by atoms with Crippen molar-refractivity contribution in [3.8, 4) is 11.1 Å². The van der Waals surface area contributed by atoms with E-state index < -0.39 is 0 Å². The Morgan fingerprint density at radius 1 is 0.667 bits per heavy atom. The molecule has 3 rings (SSSR count). The van der Waals surface area contributed by atoms with Crippen LogP contribution >= 0.6 is 0 Å². The second kappa shape index (κ2) is 4.30. The molecular formula is C18H16. The molecule has 0 aliphatic heterocycles. The molecule has 0 saturated heterocycles. The molecule has 0 amide bonds. The maximum atomic E-state index is 2.27. The van der Waals surface area contributed by atoms with Crippen LogP contribution in [0.2, 0.25) is 0 Å². The third kappa shape index (κ3) is 1.80. The van der Waals surface area contributed by atoms with E-state index in [0.29, 0.717) is 0 Å². The summed E-state index contributed by atoms with van der Waals surface area (Å²) in [5, 5.41) is 2.62. The molecule has 3 aromatic carbocycles. The van der Waals surface area contributed by atoms with Crippen LogP contribution in [0, 0.1) is 13.8 Å². The maximum absolute atomic E-state index is 2.27. The van der Waals surface area contributed by atoms with Crippen molar-refractivity contribution in [1.29, 1.82) is 0 Å². The number of aryl methyl sites for hydroxylation is 2. The lowest BCUT2D eigenvalue weighted by Crippen LogP contribution is -1.85. The smallest absolute Gasteiger partial charge is 0.0105 e. The van der Waals surface area contributed by atoms with E-state index in [1.54, 1.807) is 0 Å². The molecule has 0 saturated carbocycles. The number of benzene rings is 3. The maximum Gasteiger partial charge on any atom is -0.0105 e. The molecule has 0 nitrogen and oxygen atoms in total. The van der Waals surface area contributed by atoms with Crippen molar-refractivity contribution >= 4 is 10.8 Å². The molecule has 0 atom stereocenters. The van der Waals surface area contributed by atoms with Gasteiger partial charge in [-0.05, 0) is 46.9 Å². The minimum atomic E-state index is 1.30. The predicted octanol–water partition coefficient (Wildman–Crippen LogP) is 5.12. The van der Waals surface area contributed by atoms with Gasteiger partial charge in [0.25, 0.3) is 0 Å². The quantitative estimate of drug-likeness (QED) is 0.546. The second-order valence-corrected chi connectivity index (χ2v) is 4.83. The van der Waals surface area contributed by atoms with Crippen molar-refractivity contribution in [2.75, 3.05) is 0 Å². The summed E-state index contributed by atoms with van der Waals surface area (Å²) < 4.78 is 0. The standard InChI is InChI=1S/C18H16/c1-13-10-11-16(12-14(13)2)18-9-5-7-15-6-3-4-8-17(15)18/h3-12H,1-2H3. The fourth-order valence-electron chi connectivity index (χ4n) is 2.39. The van der Waals surface area contributed by atoms with Crippen LogP contribution in [-0.2, 0) is 0 Å². The first kappa shape index (κ1) is 11.0. The predicted molar refractivity (Wildman–Crippen MR) is 78.9 cm³/mol. The summed E-state index contributed by atoms with van der Waals surface area (Å²) in [5.74, 6) is 0. The Balaban J connectivity index is 2.28. The van der Waals surface area contributed by atoms with Gasteiger partial charge in [0.05, 0.1) is 0 Å². The van der Waals surface area contributed by atoms with Crippen molar-refractivity contribution in [3.05, 3.63) is 71.8 Å². The topological polar surface area (TPSA) is 0 Å². The molecule has 0 heterocycles. The van der Waals surface area contributed by atoms with Gasteiger partial charge in [0.1, 0.15) is 0 Å². The highest BCUT2D eigenvalue weighted by Crippen LogP contribution is 2.29. The van der Waals surface area contributed by atoms with E-state index in [-0.39, 0.29) is 0 Å². The van der Waals surface area contributed by atoms with E-state index in [9.17, 15) is 0 Å². The van der Waals surface area contributed by atoms with Crippen LogP contribution in [0.1, 0.15) is 11.1 Å². The number of fused-ring (bicyclic) bond motifs is 1. The fourth-order valence-corrected chi connectivity index (χ4v) is 2.39. The van der Waals surface area contributed by atoms with E-state index in [4.69, 9.17) is 0 Å². The summed E-state index contributed by atoms with van der Waals surface area (Å²) in [7, 11) is 0. The van der Waals surface area contributed by atoms with Gasteiger partial charge >= 0.3 is 0 Å².